The van der Waals surface area contributed by atoms with Crippen molar-refractivity contribution in [2.24, 2.45) is 4.99 Å². The van der Waals surface area contributed by atoms with Crippen molar-refractivity contribution >= 4 is 5.96 Å². The maximum absolute atomic E-state index is 14.0. The van der Waals surface area contributed by atoms with Gasteiger partial charge in [-0.1, -0.05) is 12.2 Å². The van der Waals surface area contributed by atoms with Gasteiger partial charge in [0.2, 0.25) is 0 Å². The van der Waals surface area contributed by atoms with E-state index in [1.807, 2.05) is 13.0 Å². The molecule has 1 atom stereocenters. The Hall–Kier alpha value is -2.39. The molecule has 0 aromatic heterocycles. The zero-order chi connectivity index (χ0) is 17.6. The second-order valence-electron chi connectivity index (χ2n) is 6.40. The molecule has 0 spiro atoms. The average molecular weight is 341 g/mol. The summed E-state index contributed by atoms with van der Waals surface area (Å²) in [6.07, 6.45) is 5.55. The van der Waals surface area contributed by atoms with E-state index < -0.39 is 0 Å². The van der Waals surface area contributed by atoms with Crippen molar-refractivity contribution in [1.29, 1.82) is 5.26 Å². The van der Waals surface area contributed by atoms with Crippen molar-refractivity contribution in [3.05, 3.63) is 47.3 Å². The van der Waals surface area contributed by atoms with Crippen LogP contribution in [0, 0.1) is 17.1 Å². The van der Waals surface area contributed by atoms with Gasteiger partial charge in [-0.15, -0.1) is 0 Å². The van der Waals surface area contributed by atoms with Crippen LogP contribution in [0.4, 0.5) is 4.39 Å². The lowest BCUT2D eigenvalue weighted by atomic mass is 10.1. The molecule has 132 valence electrons. The Morgan fingerprint density at radius 2 is 2.20 bits per heavy atom. The van der Waals surface area contributed by atoms with E-state index in [1.54, 1.807) is 6.07 Å². The number of rotatable bonds is 4. The van der Waals surface area contributed by atoms with Gasteiger partial charge >= 0.3 is 0 Å². The summed E-state index contributed by atoms with van der Waals surface area (Å²) in [5.41, 5.74) is 0.910. The Kier molecular flexibility index (Phi) is 5.67. The van der Waals surface area contributed by atoms with Crippen LogP contribution in [-0.4, -0.2) is 54.5 Å². The van der Waals surface area contributed by atoms with Crippen LogP contribution in [0.5, 0.6) is 0 Å². The number of likely N-dealkylation sites (tertiary alicyclic amines) is 1. The molecule has 1 fully saturated rings. The monoisotopic (exact) mass is 341 g/mol. The summed E-state index contributed by atoms with van der Waals surface area (Å²) >= 11 is 0. The SMILES string of the molecule is CCNC(=NCc1cc(C#N)ccc1F)N1CCC(N2CC=CC2)C1. The van der Waals surface area contributed by atoms with E-state index in [4.69, 9.17) is 5.26 Å². The highest BCUT2D eigenvalue weighted by Crippen LogP contribution is 2.18. The minimum atomic E-state index is -0.318. The summed E-state index contributed by atoms with van der Waals surface area (Å²) in [6, 6.07) is 6.99. The Labute approximate surface area is 148 Å². The molecule has 6 heteroatoms. The highest BCUT2D eigenvalue weighted by atomic mass is 19.1. The van der Waals surface area contributed by atoms with Gasteiger partial charge in [-0.05, 0) is 31.5 Å². The Morgan fingerprint density at radius 1 is 1.40 bits per heavy atom. The fraction of sp³-hybridized carbons (Fsp3) is 0.474. The van der Waals surface area contributed by atoms with Gasteiger partial charge in [0.1, 0.15) is 5.82 Å². The molecule has 5 nitrogen and oxygen atoms in total. The predicted octanol–water partition coefficient (Wildman–Crippen LogP) is 2.11. The lowest BCUT2D eigenvalue weighted by Crippen LogP contribution is -2.42. The van der Waals surface area contributed by atoms with Crippen molar-refractivity contribution < 1.29 is 4.39 Å². The molecule has 0 saturated carbocycles. The summed E-state index contributed by atoms with van der Waals surface area (Å²) in [4.78, 5) is 9.33. The Morgan fingerprint density at radius 3 is 2.92 bits per heavy atom. The molecule has 0 bridgehead atoms. The third-order valence-electron chi connectivity index (χ3n) is 4.73. The summed E-state index contributed by atoms with van der Waals surface area (Å²) in [7, 11) is 0. The standard InChI is InChI=1S/C19H24FN5/c1-2-22-19(23-13-16-11-15(12-21)5-6-18(16)20)25-10-7-17(14-25)24-8-3-4-9-24/h3-6,11,17H,2,7-10,13-14H2,1H3,(H,22,23). The smallest absolute Gasteiger partial charge is 0.194 e. The first-order valence-corrected chi connectivity index (χ1v) is 8.82. The summed E-state index contributed by atoms with van der Waals surface area (Å²) in [6.45, 7) is 6.98. The van der Waals surface area contributed by atoms with Gasteiger partial charge in [-0.2, -0.15) is 5.26 Å². The minimum Gasteiger partial charge on any atom is -0.357 e. The first kappa shape index (κ1) is 17.4. The van der Waals surface area contributed by atoms with Gasteiger partial charge in [-0.3, -0.25) is 4.90 Å². The molecule has 2 aliphatic heterocycles. The lowest BCUT2D eigenvalue weighted by molar-refractivity contribution is 0.259. The third kappa shape index (κ3) is 4.18. The normalized spacial score (nSPS) is 20.9. The Balaban J connectivity index is 1.68. The van der Waals surface area contributed by atoms with E-state index in [9.17, 15) is 4.39 Å². The third-order valence-corrected chi connectivity index (χ3v) is 4.73. The van der Waals surface area contributed by atoms with E-state index in [0.29, 0.717) is 17.2 Å². The van der Waals surface area contributed by atoms with Crippen LogP contribution >= 0.6 is 0 Å². The maximum Gasteiger partial charge on any atom is 0.194 e. The molecule has 1 N–H and O–H groups in total. The number of halogens is 1. The largest absolute Gasteiger partial charge is 0.357 e. The second-order valence-corrected chi connectivity index (χ2v) is 6.40. The highest BCUT2D eigenvalue weighted by Gasteiger charge is 2.29. The zero-order valence-electron chi connectivity index (χ0n) is 14.6. The number of hydrogen-bond acceptors (Lipinski definition) is 3. The van der Waals surface area contributed by atoms with Gasteiger partial charge in [0.15, 0.2) is 5.96 Å². The van der Waals surface area contributed by atoms with E-state index in [0.717, 1.165) is 45.1 Å². The zero-order valence-corrected chi connectivity index (χ0v) is 14.6. The van der Waals surface area contributed by atoms with Gasteiger partial charge < -0.3 is 10.2 Å². The topological polar surface area (TPSA) is 54.7 Å². The van der Waals surface area contributed by atoms with Crippen LogP contribution in [0.3, 0.4) is 0 Å². The van der Waals surface area contributed by atoms with Crippen LogP contribution in [0.1, 0.15) is 24.5 Å². The molecule has 25 heavy (non-hydrogen) atoms. The predicted molar refractivity (Wildman–Crippen MR) is 96.6 cm³/mol. The van der Waals surface area contributed by atoms with Crippen LogP contribution in [0.2, 0.25) is 0 Å². The molecule has 1 unspecified atom stereocenters. The summed E-state index contributed by atoms with van der Waals surface area (Å²) in [5.74, 6) is 0.500. The summed E-state index contributed by atoms with van der Waals surface area (Å²) < 4.78 is 14.0. The van der Waals surface area contributed by atoms with Crippen molar-refractivity contribution in [2.45, 2.75) is 25.9 Å². The number of aliphatic imine (C=N–C) groups is 1. The van der Waals surface area contributed by atoms with Gasteiger partial charge in [0.25, 0.3) is 0 Å². The summed E-state index contributed by atoms with van der Waals surface area (Å²) in [5, 5.41) is 12.3. The van der Waals surface area contributed by atoms with E-state index in [-0.39, 0.29) is 12.4 Å². The first-order valence-electron chi connectivity index (χ1n) is 8.82. The fourth-order valence-corrected chi connectivity index (χ4v) is 3.38. The van der Waals surface area contributed by atoms with Gasteiger partial charge in [-0.25, -0.2) is 9.38 Å². The molecule has 2 aliphatic rings. The molecular formula is C19H24FN5. The van der Waals surface area contributed by atoms with E-state index in [2.05, 4.69) is 32.3 Å². The molecule has 0 amide bonds. The lowest BCUT2D eigenvalue weighted by Gasteiger charge is -2.25. The number of nitriles is 1. The minimum absolute atomic E-state index is 0.232. The molecule has 1 aromatic carbocycles. The van der Waals surface area contributed by atoms with Crippen molar-refractivity contribution in [2.75, 3.05) is 32.7 Å². The number of nitrogens with zero attached hydrogens (tertiary/aromatic N) is 4. The van der Waals surface area contributed by atoms with E-state index >= 15 is 0 Å². The van der Waals surface area contributed by atoms with Crippen LogP contribution < -0.4 is 5.32 Å². The van der Waals surface area contributed by atoms with Crippen LogP contribution in [0.25, 0.3) is 0 Å². The number of hydrogen-bond donors (Lipinski definition) is 1. The number of guanidine groups is 1. The van der Waals surface area contributed by atoms with Crippen molar-refractivity contribution in [3.8, 4) is 6.07 Å². The highest BCUT2D eigenvalue weighted by molar-refractivity contribution is 5.80. The van der Waals surface area contributed by atoms with Gasteiger partial charge in [0, 0.05) is 44.3 Å². The van der Waals surface area contributed by atoms with Crippen LogP contribution in [0.15, 0.2) is 35.3 Å². The molecule has 1 saturated heterocycles. The van der Waals surface area contributed by atoms with Crippen LogP contribution in [-0.2, 0) is 6.54 Å². The van der Waals surface area contributed by atoms with Crippen molar-refractivity contribution in [1.82, 2.24) is 15.1 Å². The second kappa shape index (κ2) is 8.13. The molecule has 0 aliphatic carbocycles. The molecule has 0 radical (unpaired) electrons. The van der Waals surface area contributed by atoms with Gasteiger partial charge in [0.05, 0.1) is 18.2 Å². The molecule has 1 aromatic rings. The maximum atomic E-state index is 14.0. The quantitative estimate of drug-likeness (QED) is 0.518. The first-order chi connectivity index (χ1) is 12.2. The van der Waals surface area contributed by atoms with E-state index in [1.165, 1.54) is 12.1 Å². The molecular weight excluding hydrogens is 317 g/mol. The number of benzene rings is 1. The number of nitrogens with one attached hydrogen (secondary N) is 1. The average Bonchev–Trinajstić information content (AvgIpc) is 3.31. The van der Waals surface area contributed by atoms with Crippen molar-refractivity contribution in [3.63, 3.8) is 0 Å². The fourth-order valence-electron chi connectivity index (χ4n) is 3.38. The molecule has 3 rings (SSSR count). The Bertz CT molecular complexity index is 698. The molecule has 2 heterocycles.